The van der Waals surface area contributed by atoms with Crippen molar-refractivity contribution in [3.63, 3.8) is 0 Å². The van der Waals surface area contributed by atoms with E-state index in [1.165, 1.54) is 11.1 Å². The van der Waals surface area contributed by atoms with Crippen molar-refractivity contribution in [2.24, 2.45) is 5.92 Å². The number of hydrogen-bond acceptors (Lipinski definition) is 5. The van der Waals surface area contributed by atoms with Crippen LogP contribution in [0.1, 0.15) is 43.7 Å². The van der Waals surface area contributed by atoms with Gasteiger partial charge in [-0.25, -0.2) is 9.59 Å². The molecule has 3 rings (SSSR count). The molecule has 0 radical (unpaired) electrons. The average molecular weight is 469 g/mol. The molecule has 8 heteroatoms. The van der Waals surface area contributed by atoms with Gasteiger partial charge in [-0.1, -0.05) is 68.8 Å². The molecule has 1 aliphatic carbocycles. The van der Waals surface area contributed by atoms with E-state index in [-0.39, 0.29) is 50.5 Å². The number of alkyl carbamates (subject to hydrolysis) is 1. The fourth-order valence-corrected chi connectivity index (χ4v) is 4.07. The summed E-state index contributed by atoms with van der Waals surface area (Å²) in [4.78, 5) is 35.4. The maximum absolute atomic E-state index is 12.1. The minimum atomic E-state index is -1.05. The number of rotatable bonds is 12. The number of fused-ring (bicyclic) bond motifs is 3. The highest BCUT2D eigenvalue weighted by atomic mass is 16.5. The topological polar surface area (TPSA) is 114 Å². The second-order valence-electron chi connectivity index (χ2n) is 8.38. The lowest BCUT2D eigenvalue weighted by molar-refractivity contribution is -0.143. The van der Waals surface area contributed by atoms with E-state index < -0.39 is 18.1 Å². The zero-order chi connectivity index (χ0) is 24.5. The first kappa shape index (κ1) is 25.2. The van der Waals surface area contributed by atoms with Gasteiger partial charge in [0.05, 0.1) is 13.2 Å². The van der Waals surface area contributed by atoms with Crippen molar-refractivity contribution in [1.82, 2.24) is 10.6 Å². The molecular formula is C26H32N2O6. The molecule has 2 atom stereocenters. The molecule has 0 aliphatic heterocycles. The van der Waals surface area contributed by atoms with E-state index in [1.54, 1.807) is 6.92 Å². The standard InChI is InChI=1S/C26H32N2O6/c1-3-17(2)24(25(30)31)28-23(29)12-14-33-15-13-27-26(32)34-16-22-20-10-6-4-8-18(20)19-9-5-7-11-21(19)22/h4-11,17,22,24H,3,12-16H2,1-2H3,(H,27,32)(H,28,29)(H,30,31). The summed E-state index contributed by atoms with van der Waals surface area (Å²) in [6.07, 6.45) is 0.168. The van der Waals surface area contributed by atoms with Crippen LogP contribution in [-0.2, 0) is 19.1 Å². The van der Waals surface area contributed by atoms with Gasteiger partial charge >= 0.3 is 12.1 Å². The number of carbonyl (C=O) groups is 3. The molecule has 0 spiro atoms. The minimum Gasteiger partial charge on any atom is -0.480 e. The van der Waals surface area contributed by atoms with E-state index in [4.69, 9.17) is 9.47 Å². The van der Waals surface area contributed by atoms with Gasteiger partial charge < -0.3 is 25.2 Å². The molecule has 34 heavy (non-hydrogen) atoms. The number of hydrogen-bond donors (Lipinski definition) is 3. The maximum atomic E-state index is 12.1. The Hall–Kier alpha value is -3.39. The van der Waals surface area contributed by atoms with E-state index in [0.717, 1.165) is 11.1 Å². The normalized spacial score (nSPS) is 13.9. The molecule has 2 aromatic rings. The van der Waals surface area contributed by atoms with E-state index in [2.05, 4.69) is 34.9 Å². The summed E-state index contributed by atoms with van der Waals surface area (Å²) >= 11 is 0. The van der Waals surface area contributed by atoms with Gasteiger partial charge in [0.15, 0.2) is 0 Å². The van der Waals surface area contributed by atoms with Crippen LogP contribution in [0.2, 0.25) is 0 Å². The van der Waals surface area contributed by atoms with Crippen LogP contribution < -0.4 is 10.6 Å². The Labute approximate surface area is 199 Å². The monoisotopic (exact) mass is 468 g/mol. The number of benzene rings is 2. The van der Waals surface area contributed by atoms with Crippen molar-refractivity contribution in [3.05, 3.63) is 59.7 Å². The molecule has 2 aromatic carbocycles. The van der Waals surface area contributed by atoms with Gasteiger partial charge in [0, 0.05) is 18.9 Å². The quantitative estimate of drug-likeness (QED) is 0.411. The van der Waals surface area contributed by atoms with Crippen LogP contribution in [0.4, 0.5) is 4.79 Å². The van der Waals surface area contributed by atoms with Crippen molar-refractivity contribution in [1.29, 1.82) is 0 Å². The molecule has 0 aromatic heterocycles. The Bertz CT molecular complexity index is 963. The lowest BCUT2D eigenvalue weighted by Gasteiger charge is -2.20. The highest BCUT2D eigenvalue weighted by molar-refractivity contribution is 5.83. The number of amides is 2. The number of carboxylic acid groups (broad SMARTS) is 1. The third-order valence-corrected chi connectivity index (χ3v) is 6.13. The first-order valence-electron chi connectivity index (χ1n) is 11.6. The number of ether oxygens (including phenoxy) is 2. The van der Waals surface area contributed by atoms with Crippen molar-refractivity contribution < 1.29 is 29.0 Å². The molecule has 8 nitrogen and oxygen atoms in total. The van der Waals surface area contributed by atoms with Gasteiger partial charge in [0.2, 0.25) is 5.91 Å². The Morgan fingerprint density at radius 1 is 1.00 bits per heavy atom. The molecular weight excluding hydrogens is 436 g/mol. The van der Waals surface area contributed by atoms with Crippen LogP contribution in [0.3, 0.4) is 0 Å². The van der Waals surface area contributed by atoms with Gasteiger partial charge in [0.1, 0.15) is 12.6 Å². The second kappa shape index (κ2) is 12.2. The smallest absolute Gasteiger partial charge is 0.407 e. The summed E-state index contributed by atoms with van der Waals surface area (Å²) in [7, 11) is 0. The number of nitrogens with one attached hydrogen (secondary N) is 2. The Balaban J connectivity index is 1.34. The van der Waals surface area contributed by atoms with Crippen molar-refractivity contribution in [3.8, 4) is 11.1 Å². The van der Waals surface area contributed by atoms with Gasteiger partial charge in [-0.05, 0) is 28.2 Å². The summed E-state index contributed by atoms with van der Waals surface area (Å²) in [5.41, 5.74) is 4.64. The van der Waals surface area contributed by atoms with E-state index in [9.17, 15) is 19.5 Å². The van der Waals surface area contributed by atoms with E-state index in [1.807, 2.05) is 31.2 Å². The average Bonchev–Trinajstić information content (AvgIpc) is 3.16. The number of aliphatic carboxylic acids is 1. The van der Waals surface area contributed by atoms with Gasteiger partial charge in [0.25, 0.3) is 0 Å². The van der Waals surface area contributed by atoms with E-state index >= 15 is 0 Å². The molecule has 0 saturated carbocycles. The molecule has 2 amide bonds. The van der Waals surface area contributed by atoms with Crippen LogP contribution in [0, 0.1) is 5.92 Å². The lowest BCUT2D eigenvalue weighted by Crippen LogP contribution is -2.45. The third-order valence-electron chi connectivity index (χ3n) is 6.13. The predicted octanol–water partition coefficient (Wildman–Crippen LogP) is 3.55. The number of carboxylic acids is 1. The summed E-state index contributed by atoms with van der Waals surface area (Å²) in [5.74, 6) is -1.59. The maximum Gasteiger partial charge on any atom is 0.407 e. The van der Waals surface area contributed by atoms with Gasteiger partial charge in [-0.2, -0.15) is 0 Å². The van der Waals surface area contributed by atoms with Crippen molar-refractivity contribution in [2.45, 2.75) is 38.6 Å². The van der Waals surface area contributed by atoms with Crippen LogP contribution in [0.5, 0.6) is 0 Å². The molecule has 0 saturated heterocycles. The fourth-order valence-electron chi connectivity index (χ4n) is 4.07. The minimum absolute atomic E-state index is 0.00188. The Morgan fingerprint density at radius 2 is 1.62 bits per heavy atom. The lowest BCUT2D eigenvalue weighted by atomic mass is 9.98. The Morgan fingerprint density at radius 3 is 2.21 bits per heavy atom. The highest BCUT2D eigenvalue weighted by Crippen LogP contribution is 2.44. The van der Waals surface area contributed by atoms with Crippen LogP contribution >= 0.6 is 0 Å². The van der Waals surface area contributed by atoms with Crippen LogP contribution in [0.25, 0.3) is 11.1 Å². The van der Waals surface area contributed by atoms with Crippen LogP contribution in [-0.4, -0.2) is 55.5 Å². The summed E-state index contributed by atoms with van der Waals surface area (Å²) in [5, 5.41) is 14.4. The van der Waals surface area contributed by atoms with Crippen molar-refractivity contribution >= 4 is 18.0 Å². The first-order chi connectivity index (χ1) is 16.4. The number of carbonyl (C=O) groups excluding carboxylic acids is 2. The predicted molar refractivity (Wildman–Crippen MR) is 128 cm³/mol. The molecule has 1 aliphatic rings. The SMILES string of the molecule is CCC(C)C(NC(=O)CCOCCNC(=O)OCC1c2ccccc2-c2ccccc21)C(=O)O. The summed E-state index contributed by atoms with van der Waals surface area (Å²) in [6, 6.07) is 15.4. The third kappa shape index (κ3) is 6.35. The molecule has 3 N–H and O–H groups in total. The molecule has 2 unspecified atom stereocenters. The van der Waals surface area contributed by atoms with E-state index in [0.29, 0.717) is 6.42 Å². The molecule has 0 bridgehead atoms. The zero-order valence-electron chi connectivity index (χ0n) is 19.6. The summed E-state index contributed by atoms with van der Waals surface area (Å²) < 4.78 is 10.8. The largest absolute Gasteiger partial charge is 0.480 e. The van der Waals surface area contributed by atoms with Crippen molar-refractivity contribution in [2.75, 3.05) is 26.4 Å². The highest BCUT2D eigenvalue weighted by Gasteiger charge is 2.29. The fraction of sp³-hybridized carbons (Fsp3) is 0.423. The molecule has 0 heterocycles. The van der Waals surface area contributed by atoms with Crippen LogP contribution in [0.15, 0.2) is 48.5 Å². The van der Waals surface area contributed by atoms with Gasteiger partial charge in [-0.15, -0.1) is 0 Å². The molecule has 182 valence electrons. The first-order valence-corrected chi connectivity index (χ1v) is 11.6. The second-order valence-corrected chi connectivity index (χ2v) is 8.38. The zero-order valence-corrected chi connectivity index (χ0v) is 19.6. The Kier molecular flexibility index (Phi) is 9.04. The molecule has 0 fully saturated rings. The summed E-state index contributed by atoms with van der Waals surface area (Å²) in [6.45, 7) is 4.48. The van der Waals surface area contributed by atoms with Gasteiger partial charge in [-0.3, -0.25) is 4.79 Å².